The average molecular weight is 855 g/mol. The molecule has 0 bridgehead atoms. The van der Waals surface area contributed by atoms with Crippen LogP contribution in [0.4, 0.5) is 34.1 Å². The van der Waals surface area contributed by atoms with Gasteiger partial charge in [-0.05, 0) is 193 Å². The number of nitrogens with zero attached hydrogens (tertiary/aromatic N) is 2. The molecule has 0 unspecified atom stereocenters. The molecule has 0 saturated carbocycles. The Hall–Kier alpha value is -6.12. The summed E-state index contributed by atoms with van der Waals surface area (Å²) < 4.78 is 0. The summed E-state index contributed by atoms with van der Waals surface area (Å²) in [5.41, 5.74) is 17.7. The molecular formula is C63H70N2. The first-order valence-corrected chi connectivity index (χ1v) is 24.9. The topological polar surface area (TPSA) is 6.48 Å². The van der Waals surface area contributed by atoms with E-state index in [1.165, 1.54) is 136 Å². The number of hydrogen-bond acceptors (Lipinski definition) is 2. The van der Waals surface area contributed by atoms with Crippen molar-refractivity contribution in [3.8, 4) is 11.1 Å². The van der Waals surface area contributed by atoms with Crippen LogP contribution in [0.15, 0.2) is 158 Å². The van der Waals surface area contributed by atoms with E-state index >= 15 is 0 Å². The van der Waals surface area contributed by atoms with Crippen molar-refractivity contribution >= 4 is 55.7 Å². The molecule has 0 amide bonds. The Morgan fingerprint density at radius 2 is 0.708 bits per heavy atom. The second-order valence-corrected chi connectivity index (χ2v) is 18.5. The van der Waals surface area contributed by atoms with Gasteiger partial charge in [0.1, 0.15) is 0 Å². The summed E-state index contributed by atoms with van der Waals surface area (Å²) in [7, 11) is 0. The zero-order valence-corrected chi connectivity index (χ0v) is 40.1. The third kappa shape index (κ3) is 10.7. The minimum atomic E-state index is 1.11. The fourth-order valence-corrected chi connectivity index (χ4v) is 9.71. The molecule has 8 aromatic carbocycles. The van der Waals surface area contributed by atoms with Gasteiger partial charge in [0.2, 0.25) is 0 Å². The molecule has 8 rings (SSSR count). The largest absolute Gasteiger partial charge is 0.311 e. The predicted octanol–water partition coefficient (Wildman–Crippen LogP) is 19.1. The van der Waals surface area contributed by atoms with E-state index in [1.807, 2.05) is 0 Å². The first kappa shape index (κ1) is 45.4. The molecule has 0 saturated heterocycles. The molecule has 0 fully saturated rings. The minimum Gasteiger partial charge on any atom is -0.311 e. The molecule has 332 valence electrons. The highest BCUT2D eigenvalue weighted by Crippen LogP contribution is 2.41. The average Bonchev–Trinajstić information content (AvgIpc) is 3.34. The standard InChI is InChI=1S/C63H70N2/c1-7-10-13-14-15-16-19-59-48(6)62-44-47(5)22-42-60(62)61-43-29-52(45-63(59)61)51-27-36-56(37-28-51)65(55-34-25-50(26-35-55)18-12-9-3)58-40-38-57(39-41-58)64(53-30-20-46(4)21-31-53)54-32-23-49(24-33-54)17-11-8-2/h20-45H,7-19H2,1-6H3. The van der Waals surface area contributed by atoms with Crippen LogP contribution in [0.2, 0.25) is 0 Å². The molecular weight excluding hydrogens is 785 g/mol. The van der Waals surface area contributed by atoms with Crippen LogP contribution in [0.25, 0.3) is 32.7 Å². The highest BCUT2D eigenvalue weighted by molar-refractivity contribution is 6.11. The Morgan fingerprint density at radius 3 is 1.23 bits per heavy atom. The second kappa shape index (κ2) is 21.7. The van der Waals surface area contributed by atoms with Gasteiger partial charge in [0, 0.05) is 34.1 Å². The molecule has 2 heteroatoms. The second-order valence-electron chi connectivity index (χ2n) is 18.5. The number of anilines is 6. The van der Waals surface area contributed by atoms with E-state index in [-0.39, 0.29) is 0 Å². The lowest BCUT2D eigenvalue weighted by molar-refractivity contribution is 0.608. The predicted molar refractivity (Wildman–Crippen MR) is 285 cm³/mol. The molecule has 0 N–H and O–H groups in total. The van der Waals surface area contributed by atoms with Crippen LogP contribution in [0.5, 0.6) is 0 Å². The molecule has 2 nitrogen and oxygen atoms in total. The number of rotatable bonds is 20. The van der Waals surface area contributed by atoms with E-state index in [9.17, 15) is 0 Å². The van der Waals surface area contributed by atoms with E-state index in [0.29, 0.717) is 0 Å². The van der Waals surface area contributed by atoms with Crippen LogP contribution in [-0.2, 0) is 19.3 Å². The quantitative estimate of drug-likeness (QED) is 0.0557. The summed E-state index contributed by atoms with van der Waals surface area (Å²) in [6.45, 7) is 13.6. The smallest absolute Gasteiger partial charge is 0.0463 e. The van der Waals surface area contributed by atoms with E-state index in [2.05, 4.69) is 209 Å². The molecule has 0 aliphatic heterocycles. The van der Waals surface area contributed by atoms with Crippen molar-refractivity contribution in [2.45, 2.75) is 125 Å². The molecule has 0 atom stereocenters. The van der Waals surface area contributed by atoms with Crippen molar-refractivity contribution in [1.29, 1.82) is 0 Å². The lowest BCUT2D eigenvalue weighted by Gasteiger charge is -2.28. The van der Waals surface area contributed by atoms with Crippen molar-refractivity contribution in [3.05, 3.63) is 191 Å². The Bertz CT molecular complexity index is 2760. The van der Waals surface area contributed by atoms with Gasteiger partial charge in [-0.3, -0.25) is 0 Å². The summed E-state index contributed by atoms with van der Waals surface area (Å²) in [6, 6.07) is 59.9. The number of aryl methyl sites for hydroxylation is 6. The molecule has 8 aromatic rings. The van der Waals surface area contributed by atoms with Crippen molar-refractivity contribution in [2.24, 2.45) is 0 Å². The minimum absolute atomic E-state index is 1.11. The third-order valence-corrected chi connectivity index (χ3v) is 13.6. The van der Waals surface area contributed by atoms with Crippen molar-refractivity contribution in [2.75, 3.05) is 9.80 Å². The normalized spacial score (nSPS) is 11.4. The summed E-state index contributed by atoms with van der Waals surface area (Å²) in [4.78, 5) is 4.79. The molecule has 0 aliphatic rings. The van der Waals surface area contributed by atoms with Gasteiger partial charge in [0.15, 0.2) is 0 Å². The van der Waals surface area contributed by atoms with Crippen LogP contribution in [0.3, 0.4) is 0 Å². The van der Waals surface area contributed by atoms with Crippen LogP contribution in [0, 0.1) is 20.8 Å². The summed E-state index contributed by atoms with van der Waals surface area (Å²) in [5.74, 6) is 0. The van der Waals surface area contributed by atoms with Gasteiger partial charge in [0.05, 0.1) is 0 Å². The zero-order valence-electron chi connectivity index (χ0n) is 40.1. The maximum atomic E-state index is 2.48. The maximum Gasteiger partial charge on any atom is 0.0463 e. The van der Waals surface area contributed by atoms with Gasteiger partial charge >= 0.3 is 0 Å². The van der Waals surface area contributed by atoms with Crippen LogP contribution < -0.4 is 9.80 Å². The van der Waals surface area contributed by atoms with E-state index < -0.39 is 0 Å². The van der Waals surface area contributed by atoms with Crippen LogP contribution in [0.1, 0.15) is 118 Å². The summed E-state index contributed by atoms with van der Waals surface area (Å²) in [6.07, 6.45) is 16.0. The summed E-state index contributed by atoms with van der Waals surface area (Å²) in [5, 5.41) is 5.54. The number of unbranched alkanes of at least 4 members (excludes halogenated alkanes) is 7. The molecule has 0 aromatic heterocycles. The highest BCUT2D eigenvalue weighted by Gasteiger charge is 2.18. The fraction of sp³-hybridized carbons (Fsp3) is 0.302. The van der Waals surface area contributed by atoms with E-state index in [0.717, 1.165) is 47.7 Å². The zero-order chi connectivity index (χ0) is 45.1. The molecule has 65 heavy (non-hydrogen) atoms. The Labute approximate surface area is 391 Å². The van der Waals surface area contributed by atoms with Gasteiger partial charge in [-0.1, -0.05) is 156 Å². The number of fused-ring (bicyclic) bond motifs is 3. The van der Waals surface area contributed by atoms with E-state index in [1.54, 1.807) is 0 Å². The SMILES string of the molecule is CCCCCCCCc1c(C)c2cc(C)ccc2c2ccc(-c3ccc(N(c4ccc(CCCC)cc4)c4ccc(N(c5ccc(C)cc5)c5ccc(CCCC)cc5)cc4)cc3)cc12. The van der Waals surface area contributed by atoms with Gasteiger partial charge in [-0.2, -0.15) is 0 Å². The van der Waals surface area contributed by atoms with Crippen LogP contribution >= 0.6 is 0 Å². The maximum absolute atomic E-state index is 2.48. The Kier molecular flexibility index (Phi) is 15.2. The van der Waals surface area contributed by atoms with Gasteiger partial charge in [-0.15, -0.1) is 0 Å². The third-order valence-electron chi connectivity index (χ3n) is 13.6. The molecule has 0 radical (unpaired) electrons. The number of benzene rings is 8. The lowest BCUT2D eigenvalue weighted by Crippen LogP contribution is -2.12. The van der Waals surface area contributed by atoms with Crippen molar-refractivity contribution in [3.63, 3.8) is 0 Å². The van der Waals surface area contributed by atoms with E-state index in [4.69, 9.17) is 0 Å². The van der Waals surface area contributed by atoms with Gasteiger partial charge < -0.3 is 9.80 Å². The molecule has 0 heterocycles. The van der Waals surface area contributed by atoms with Crippen molar-refractivity contribution < 1.29 is 0 Å². The van der Waals surface area contributed by atoms with Gasteiger partial charge in [-0.25, -0.2) is 0 Å². The van der Waals surface area contributed by atoms with Crippen molar-refractivity contribution in [1.82, 2.24) is 0 Å². The fourth-order valence-electron chi connectivity index (χ4n) is 9.71. The van der Waals surface area contributed by atoms with Gasteiger partial charge in [0.25, 0.3) is 0 Å². The lowest BCUT2D eigenvalue weighted by atomic mass is 9.87. The summed E-state index contributed by atoms with van der Waals surface area (Å²) >= 11 is 0. The first-order chi connectivity index (χ1) is 31.8. The molecule has 0 spiro atoms. The first-order valence-electron chi connectivity index (χ1n) is 24.9. The van der Waals surface area contributed by atoms with Crippen LogP contribution in [-0.4, -0.2) is 0 Å². The highest BCUT2D eigenvalue weighted by atomic mass is 15.2. The number of hydrogen-bond donors (Lipinski definition) is 0. The Balaban J connectivity index is 1.14. The molecule has 0 aliphatic carbocycles. The Morgan fingerprint density at radius 1 is 0.308 bits per heavy atom. The monoisotopic (exact) mass is 855 g/mol.